The fourth-order valence-electron chi connectivity index (χ4n) is 3.59. The van der Waals surface area contributed by atoms with E-state index < -0.39 is 10.0 Å². The van der Waals surface area contributed by atoms with E-state index in [0.717, 1.165) is 19.3 Å². The van der Waals surface area contributed by atoms with Crippen LogP contribution >= 0.6 is 0 Å². The third-order valence-corrected chi connectivity index (χ3v) is 6.48. The van der Waals surface area contributed by atoms with Gasteiger partial charge in [0.1, 0.15) is 5.75 Å². The molecule has 0 heterocycles. The number of hydrogen-bond acceptors (Lipinski definition) is 4. The Labute approximate surface area is 176 Å². The average Bonchev–Trinajstić information content (AvgIpc) is 3.22. The first-order valence-corrected chi connectivity index (χ1v) is 11.1. The van der Waals surface area contributed by atoms with Crippen LogP contribution in [0, 0.1) is 0 Å². The molecule has 1 amide bonds. The number of hydrogen-bond donors (Lipinski definition) is 2. The van der Waals surface area contributed by atoms with Crippen molar-refractivity contribution in [2.45, 2.75) is 24.2 Å². The predicted molar refractivity (Wildman–Crippen MR) is 117 cm³/mol. The lowest BCUT2D eigenvalue weighted by atomic mass is 10.1. The molecule has 4 rings (SSSR count). The summed E-state index contributed by atoms with van der Waals surface area (Å²) in [7, 11) is -2.42. The molecule has 1 aliphatic rings. The smallest absolute Gasteiger partial charge is 0.262 e. The Morgan fingerprint density at radius 1 is 0.933 bits per heavy atom. The van der Waals surface area contributed by atoms with Gasteiger partial charge in [0.2, 0.25) is 0 Å². The van der Waals surface area contributed by atoms with Crippen LogP contribution < -0.4 is 14.8 Å². The molecule has 0 saturated carbocycles. The largest absolute Gasteiger partial charge is 0.495 e. The maximum absolute atomic E-state index is 12.8. The van der Waals surface area contributed by atoms with Gasteiger partial charge in [-0.05, 0) is 72.9 Å². The summed E-state index contributed by atoms with van der Waals surface area (Å²) in [5, 5.41) is 2.86. The van der Waals surface area contributed by atoms with Crippen LogP contribution in [0.3, 0.4) is 0 Å². The molecule has 0 radical (unpaired) electrons. The molecule has 7 heteroatoms. The van der Waals surface area contributed by atoms with E-state index in [0.29, 0.717) is 17.1 Å². The molecule has 0 spiro atoms. The van der Waals surface area contributed by atoms with Crippen molar-refractivity contribution < 1.29 is 17.9 Å². The topological polar surface area (TPSA) is 84.5 Å². The van der Waals surface area contributed by atoms with Gasteiger partial charge in [0.25, 0.3) is 15.9 Å². The van der Waals surface area contributed by atoms with Gasteiger partial charge < -0.3 is 10.1 Å². The molecule has 0 unspecified atom stereocenters. The minimum Gasteiger partial charge on any atom is -0.495 e. The van der Waals surface area contributed by atoms with Crippen LogP contribution in [0.4, 0.5) is 11.4 Å². The van der Waals surface area contributed by atoms with Gasteiger partial charge in [-0.25, -0.2) is 8.42 Å². The average molecular weight is 423 g/mol. The summed E-state index contributed by atoms with van der Waals surface area (Å²) in [6, 6.07) is 18.6. The number of ether oxygens (including phenoxy) is 1. The van der Waals surface area contributed by atoms with Gasteiger partial charge in [0, 0.05) is 11.3 Å². The summed E-state index contributed by atoms with van der Waals surface area (Å²) < 4.78 is 33.4. The fraction of sp³-hybridized carbons (Fsp3) is 0.174. The lowest BCUT2D eigenvalue weighted by molar-refractivity contribution is 0.102. The van der Waals surface area contributed by atoms with Gasteiger partial charge in [-0.15, -0.1) is 0 Å². The van der Waals surface area contributed by atoms with Crippen LogP contribution in [0.15, 0.2) is 71.6 Å². The number of para-hydroxylation sites is 2. The van der Waals surface area contributed by atoms with Gasteiger partial charge in [-0.2, -0.15) is 0 Å². The third-order valence-electron chi connectivity index (χ3n) is 5.11. The van der Waals surface area contributed by atoms with Crippen molar-refractivity contribution in [1.29, 1.82) is 0 Å². The van der Waals surface area contributed by atoms with Crippen molar-refractivity contribution in [3.63, 3.8) is 0 Å². The maximum Gasteiger partial charge on any atom is 0.262 e. The van der Waals surface area contributed by atoms with Gasteiger partial charge in [0.15, 0.2) is 0 Å². The second kappa shape index (κ2) is 8.20. The molecular weight excluding hydrogens is 400 g/mol. The molecule has 154 valence electrons. The van der Waals surface area contributed by atoms with Crippen molar-refractivity contribution >= 4 is 27.3 Å². The molecular formula is C23H22N2O4S. The summed E-state index contributed by atoms with van der Waals surface area (Å²) in [5.41, 5.74) is 3.88. The van der Waals surface area contributed by atoms with Gasteiger partial charge >= 0.3 is 0 Å². The zero-order chi connectivity index (χ0) is 21.1. The molecule has 0 bridgehead atoms. The zero-order valence-electron chi connectivity index (χ0n) is 16.5. The lowest BCUT2D eigenvalue weighted by Gasteiger charge is -2.12. The van der Waals surface area contributed by atoms with E-state index in [1.54, 1.807) is 36.4 Å². The molecule has 3 aromatic rings. The number of anilines is 2. The third kappa shape index (κ3) is 4.16. The van der Waals surface area contributed by atoms with Gasteiger partial charge in [-0.3, -0.25) is 9.52 Å². The highest BCUT2D eigenvalue weighted by Crippen LogP contribution is 2.27. The SMILES string of the molecule is COc1ccccc1NS(=O)(=O)c1cccc(C(=O)Nc2ccc3c(c2)CCC3)c1. The second-order valence-corrected chi connectivity index (χ2v) is 8.81. The summed E-state index contributed by atoms with van der Waals surface area (Å²) in [6.07, 6.45) is 3.22. The minimum absolute atomic E-state index is 0.00462. The molecule has 1 aliphatic carbocycles. The molecule has 0 aliphatic heterocycles. The highest BCUT2D eigenvalue weighted by molar-refractivity contribution is 7.92. The fourth-order valence-corrected chi connectivity index (χ4v) is 4.71. The van der Waals surface area contributed by atoms with Crippen LogP contribution in [0.25, 0.3) is 0 Å². The number of carbonyl (C=O) groups is 1. The summed E-state index contributed by atoms with van der Waals surface area (Å²) in [5.74, 6) is 0.0499. The van der Waals surface area contributed by atoms with Crippen LogP contribution in [-0.2, 0) is 22.9 Å². The molecule has 0 aromatic heterocycles. The van der Waals surface area contributed by atoms with E-state index in [4.69, 9.17) is 4.74 Å². The van der Waals surface area contributed by atoms with Crippen LogP contribution in [-0.4, -0.2) is 21.4 Å². The molecule has 0 saturated heterocycles. The summed E-state index contributed by atoms with van der Waals surface area (Å²) >= 11 is 0. The number of sulfonamides is 1. The van der Waals surface area contributed by atoms with Gasteiger partial charge in [0.05, 0.1) is 17.7 Å². The van der Waals surface area contributed by atoms with Crippen LogP contribution in [0.1, 0.15) is 27.9 Å². The number of aryl methyl sites for hydroxylation is 2. The van der Waals surface area contributed by atoms with E-state index >= 15 is 0 Å². The Balaban J connectivity index is 1.55. The molecule has 0 fully saturated rings. The number of rotatable bonds is 6. The molecule has 0 atom stereocenters. The number of fused-ring (bicyclic) bond motifs is 1. The van der Waals surface area contributed by atoms with E-state index in [1.807, 2.05) is 18.2 Å². The van der Waals surface area contributed by atoms with Crippen LogP contribution in [0.5, 0.6) is 5.75 Å². The quantitative estimate of drug-likeness (QED) is 0.622. The zero-order valence-corrected chi connectivity index (χ0v) is 17.3. The first-order chi connectivity index (χ1) is 14.5. The number of amides is 1. The number of methoxy groups -OCH3 is 1. The van der Waals surface area contributed by atoms with Crippen molar-refractivity contribution in [1.82, 2.24) is 0 Å². The summed E-state index contributed by atoms with van der Waals surface area (Å²) in [6.45, 7) is 0. The number of nitrogens with one attached hydrogen (secondary N) is 2. The van der Waals surface area contributed by atoms with Crippen LogP contribution in [0.2, 0.25) is 0 Å². The Bertz CT molecular complexity index is 1210. The Hall–Kier alpha value is -3.32. The Morgan fingerprint density at radius 2 is 1.73 bits per heavy atom. The highest BCUT2D eigenvalue weighted by atomic mass is 32.2. The molecule has 3 aromatic carbocycles. The van der Waals surface area contributed by atoms with Gasteiger partial charge in [-0.1, -0.05) is 24.3 Å². The Morgan fingerprint density at radius 3 is 2.57 bits per heavy atom. The molecule has 30 heavy (non-hydrogen) atoms. The summed E-state index contributed by atoms with van der Waals surface area (Å²) in [4.78, 5) is 12.7. The molecule has 6 nitrogen and oxygen atoms in total. The van der Waals surface area contributed by atoms with E-state index in [1.165, 1.54) is 30.4 Å². The maximum atomic E-state index is 12.8. The minimum atomic E-state index is -3.89. The highest BCUT2D eigenvalue weighted by Gasteiger charge is 2.19. The lowest BCUT2D eigenvalue weighted by Crippen LogP contribution is -2.16. The van der Waals surface area contributed by atoms with Crippen molar-refractivity contribution in [3.05, 3.63) is 83.4 Å². The van der Waals surface area contributed by atoms with Crippen molar-refractivity contribution in [2.75, 3.05) is 17.1 Å². The standard InChI is InChI=1S/C23H22N2O4S/c1-29-22-11-3-2-10-21(22)25-30(27,28)20-9-5-8-18(15-20)23(26)24-19-13-12-16-6-4-7-17(16)14-19/h2-3,5,8-15,25H,4,6-7H2,1H3,(H,24,26). The first kappa shape index (κ1) is 20.0. The second-order valence-electron chi connectivity index (χ2n) is 7.12. The predicted octanol–water partition coefficient (Wildman–Crippen LogP) is 4.24. The van der Waals surface area contributed by atoms with E-state index in [2.05, 4.69) is 10.0 Å². The normalized spacial score (nSPS) is 12.8. The molecule has 2 N–H and O–H groups in total. The Kier molecular flexibility index (Phi) is 5.46. The van der Waals surface area contributed by atoms with Crippen molar-refractivity contribution in [2.24, 2.45) is 0 Å². The first-order valence-electron chi connectivity index (χ1n) is 9.65. The number of carbonyl (C=O) groups excluding carboxylic acids is 1. The van der Waals surface area contributed by atoms with E-state index in [9.17, 15) is 13.2 Å². The number of benzene rings is 3. The monoisotopic (exact) mass is 422 g/mol. The van der Waals surface area contributed by atoms with Crippen molar-refractivity contribution in [3.8, 4) is 5.75 Å². The van der Waals surface area contributed by atoms with E-state index in [-0.39, 0.29) is 16.4 Å².